The van der Waals surface area contributed by atoms with Gasteiger partial charge in [0.15, 0.2) is 0 Å². The molecule has 3 N–H and O–H groups in total. The molecule has 0 bridgehead atoms. The van der Waals surface area contributed by atoms with Crippen LogP contribution in [0.15, 0.2) is 23.1 Å². The highest BCUT2D eigenvalue weighted by molar-refractivity contribution is 7.89. The van der Waals surface area contributed by atoms with Crippen LogP contribution < -0.4 is 10.5 Å². The maximum Gasteiger partial charge on any atom is 0.243 e. The first-order chi connectivity index (χ1) is 8.36. The van der Waals surface area contributed by atoms with Crippen LogP contribution >= 0.6 is 0 Å². The van der Waals surface area contributed by atoms with Crippen LogP contribution in [-0.4, -0.2) is 21.0 Å². The molecule has 0 atom stereocenters. The fourth-order valence-corrected chi connectivity index (χ4v) is 2.63. The monoisotopic (exact) mass is 270 g/mol. The normalized spacial score (nSPS) is 11.2. The Hall–Kier alpha value is -1.42. The lowest BCUT2D eigenvalue weighted by atomic mass is 10.2. The Bertz CT molecular complexity index is 586. The summed E-state index contributed by atoms with van der Waals surface area (Å²) in [4.78, 5) is -0.380. The highest BCUT2D eigenvalue weighted by atomic mass is 32.2. The smallest absolute Gasteiger partial charge is 0.243 e. The van der Waals surface area contributed by atoms with Gasteiger partial charge in [-0.15, -0.1) is 0 Å². The molecule has 0 radical (unpaired) electrons. The average Bonchev–Trinajstić information content (AvgIpc) is 2.24. The number of sulfonamides is 1. The summed E-state index contributed by atoms with van der Waals surface area (Å²) in [7, 11) is -3.83. The molecule has 1 aromatic carbocycles. The summed E-state index contributed by atoms with van der Waals surface area (Å²) in [5.74, 6) is 4.38. The van der Waals surface area contributed by atoms with E-state index in [1.54, 1.807) is 13.8 Å². The van der Waals surface area contributed by atoms with E-state index in [9.17, 15) is 12.8 Å². The van der Waals surface area contributed by atoms with Crippen molar-refractivity contribution < 1.29 is 12.8 Å². The molecule has 0 spiro atoms. The van der Waals surface area contributed by atoms with Gasteiger partial charge in [0.1, 0.15) is 10.7 Å². The van der Waals surface area contributed by atoms with E-state index in [1.807, 2.05) is 0 Å². The predicted octanol–water partition coefficient (Wildman–Crippen LogP) is 0.823. The van der Waals surface area contributed by atoms with Crippen molar-refractivity contribution in [3.05, 3.63) is 29.6 Å². The minimum Gasteiger partial charge on any atom is -0.320 e. The highest BCUT2D eigenvalue weighted by Crippen LogP contribution is 2.15. The third-order valence-electron chi connectivity index (χ3n) is 1.95. The van der Waals surface area contributed by atoms with E-state index in [0.717, 1.165) is 6.07 Å². The zero-order chi connectivity index (χ0) is 13.8. The molecule has 0 heterocycles. The molecule has 0 amide bonds. The second-order valence-corrected chi connectivity index (χ2v) is 5.61. The molecule has 0 fully saturated rings. The van der Waals surface area contributed by atoms with Crippen molar-refractivity contribution in [1.29, 1.82) is 0 Å². The maximum atomic E-state index is 13.7. The van der Waals surface area contributed by atoms with Gasteiger partial charge in [-0.3, -0.25) is 0 Å². The molecule has 1 aromatic rings. The fourth-order valence-electron chi connectivity index (χ4n) is 1.32. The van der Waals surface area contributed by atoms with E-state index in [1.165, 1.54) is 12.1 Å². The maximum absolute atomic E-state index is 13.7. The van der Waals surface area contributed by atoms with Gasteiger partial charge in [0.2, 0.25) is 10.0 Å². The van der Waals surface area contributed by atoms with Gasteiger partial charge >= 0.3 is 0 Å². The van der Waals surface area contributed by atoms with E-state index in [4.69, 9.17) is 5.73 Å². The Morgan fingerprint density at radius 2 is 2.11 bits per heavy atom. The van der Waals surface area contributed by atoms with Gasteiger partial charge < -0.3 is 5.73 Å². The van der Waals surface area contributed by atoms with Gasteiger partial charge in [-0.25, -0.2) is 17.5 Å². The zero-order valence-electron chi connectivity index (χ0n) is 10.2. The lowest BCUT2D eigenvalue weighted by Crippen LogP contribution is -2.30. The van der Waals surface area contributed by atoms with Gasteiger partial charge in [-0.2, -0.15) is 0 Å². The molecule has 0 aromatic heterocycles. The third kappa shape index (κ3) is 3.81. The van der Waals surface area contributed by atoms with E-state index in [-0.39, 0.29) is 17.5 Å². The summed E-state index contributed by atoms with van der Waals surface area (Å²) in [6.07, 6.45) is 0. The van der Waals surface area contributed by atoms with Crippen molar-refractivity contribution in [2.75, 3.05) is 6.54 Å². The topological polar surface area (TPSA) is 72.2 Å². The number of halogens is 1. The molecule has 0 aliphatic rings. The van der Waals surface area contributed by atoms with Crippen molar-refractivity contribution >= 4 is 10.0 Å². The number of hydrogen-bond donors (Lipinski definition) is 2. The van der Waals surface area contributed by atoms with Crippen LogP contribution in [0.5, 0.6) is 0 Å². The molecule has 6 heteroatoms. The van der Waals surface area contributed by atoms with Crippen LogP contribution in [-0.2, 0) is 10.0 Å². The largest absolute Gasteiger partial charge is 0.320 e. The minimum atomic E-state index is -3.83. The molecule has 1 rings (SSSR count). The number of nitrogens with one attached hydrogen (secondary N) is 1. The lowest BCUT2D eigenvalue weighted by molar-refractivity contribution is 0.549. The average molecular weight is 270 g/mol. The SMILES string of the molecule is CC(C)NS(=O)(=O)c1ccc(C#CCN)cc1F. The first-order valence-electron chi connectivity index (χ1n) is 5.37. The second-order valence-electron chi connectivity index (χ2n) is 3.93. The molecule has 98 valence electrons. The molecular weight excluding hydrogens is 255 g/mol. The molecule has 0 saturated heterocycles. The van der Waals surface area contributed by atoms with Crippen LogP contribution in [0.2, 0.25) is 0 Å². The molecular formula is C12H15FN2O2S. The Balaban J connectivity index is 3.13. The van der Waals surface area contributed by atoms with E-state index < -0.39 is 15.8 Å². The van der Waals surface area contributed by atoms with Gasteiger partial charge in [0.25, 0.3) is 0 Å². The van der Waals surface area contributed by atoms with Crippen molar-refractivity contribution in [3.8, 4) is 11.8 Å². The predicted molar refractivity (Wildman–Crippen MR) is 67.8 cm³/mol. The Kier molecular flexibility index (Phi) is 4.84. The molecule has 0 unspecified atom stereocenters. The Morgan fingerprint density at radius 1 is 1.44 bits per heavy atom. The molecule has 0 saturated carbocycles. The van der Waals surface area contributed by atoms with Crippen LogP contribution in [0.3, 0.4) is 0 Å². The van der Waals surface area contributed by atoms with Crippen molar-refractivity contribution in [2.24, 2.45) is 5.73 Å². The molecule has 18 heavy (non-hydrogen) atoms. The highest BCUT2D eigenvalue weighted by Gasteiger charge is 2.19. The van der Waals surface area contributed by atoms with Gasteiger partial charge in [-0.05, 0) is 32.0 Å². The van der Waals surface area contributed by atoms with Crippen LogP contribution in [0.25, 0.3) is 0 Å². The fraction of sp³-hybridized carbons (Fsp3) is 0.333. The first kappa shape index (κ1) is 14.6. The first-order valence-corrected chi connectivity index (χ1v) is 6.86. The third-order valence-corrected chi connectivity index (χ3v) is 3.64. The van der Waals surface area contributed by atoms with Crippen LogP contribution in [0.4, 0.5) is 4.39 Å². The summed E-state index contributed by atoms with van der Waals surface area (Å²) in [5, 5.41) is 0. The van der Waals surface area contributed by atoms with Crippen molar-refractivity contribution in [1.82, 2.24) is 4.72 Å². The molecule has 0 aliphatic carbocycles. The minimum absolute atomic E-state index is 0.163. The van der Waals surface area contributed by atoms with E-state index >= 15 is 0 Å². The zero-order valence-corrected chi connectivity index (χ0v) is 11.0. The van der Waals surface area contributed by atoms with Crippen molar-refractivity contribution in [2.45, 2.75) is 24.8 Å². The van der Waals surface area contributed by atoms with Gasteiger partial charge in [-0.1, -0.05) is 11.8 Å². The number of rotatable bonds is 3. The summed E-state index contributed by atoms with van der Waals surface area (Å²) in [5.41, 5.74) is 5.59. The standard InChI is InChI=1S/C12H15FN2O2S/c1-9(2)15-18(16,17)12-6-5-10(4-3-7-14)8-11(12)13/h5-6,8-9,15H,7,14H2,1-2H3. The summed E-state index contributed by atoms with van der Waals surface area (Å²) in [6.45, 7) is 3.49. The van der Waals surface area contributed by atoms with Crippen molar-refractivity contribution in [3.63, 3.8) is 0 Å². The quantitative estimate of drug-likeness (QED) is 0.799. The molecule has 4 nitrogen and oxygen atoms in total. The summed E-state index contributed by atoms with van der Waals surface area (Å²) < 4.78 is 39.6. The number of hydrogen-bond acceptors (Lipinski definition) is 3. The Labute approximate surface area is 106 Å². The van der Waals surface area contributed by atoms with Crippen LogP contribution in [0, 0.1) is 17.7 Å². The molecule has 0 aliphatic heterocycles. The van der Waals surface area contributed by atoms with E-state index in [2.05, 4.69) is 16.6 Å². The Morgan fingerprint density at radius 3 is 2.61 bits per heavy atom. The summed E-state index contributed by atoms with van der Waals surface area (Å²) in [6, 6.07) is 3.42. The van der Waals surface area contributed by atoms with Crippen LogP contribution in [0.1, 0.15) is 19.4 Å². The number of nitrogens with two attached hydrogens (primary N) is 1. The second kappa shape index (κ2) is 5.96. The van der Waals surface area contributed by atoms with Gasteiger partial charge in [0.05, 0.1) is 6.54 Å². The lowest BCUT2D eigenvalue weighted by Gasteiger charge is -2.10. The number of benzene rings is 1. The van der Waals surface area contributed by atoms with Gasteiger partial charge in [0, 0.05) is 11.6 Å². The van der Waals surface area contributed by atoms with E-state index in [0.29, 0.717) is 5.56 Å². The summed E-state index contributed by atoms with van der Waals surface area (Å²) >= 11 is 0.